The van der Waals surface area contributed by atoms with Gasteiger partial charge in [-0.2, -0.15) is 0 Å². The van der Waals surface area contributed by atoms with Crippen molar-refractivity contribution in [2.24, 2.45) is 0 Å². The fourth-order valence-corrected chi connectivity index (χ4v) is 3.28. The Hall–Kier alpha value is -0.810. The monoisotopic (exact) mass is 298 g/mol. The molecule has 1 atom stereocenters. The number of carbonyl (C=O) groups is 1. The van der Waals surface area contributed by atoms with Crippen LogP contribution in [-0.4, -0.2) is 65.9 Å². The molecule has 2 aliphatic rings. The van der Waals surface area contributed by atoms with E-state index in [1.807, 2.05) is 25.7 Å². The topological polar surface area (TPSA) is 42.0 Å². The first-order valence-corrected chi connectivity index (χ1v) is 8.11. The summed E-state index contributed by atoms with van der Waals surface area (Å²) in [5, 5.41) is 0. The summed E-state index contributed by atoms with van der Waals surface area (Å²) in [7, 11) is 0. The van der Waals surface area contributed by atoms with Gasteiger partial charge in [-0.3, -0.25) is 4.90 Å². The number of morpholine rings is 1. The quantitative estimate of drug-likeness (QED) is 0.746. The molecule has 0 bridgehead atoms. The minimum absolute atomic E-state index is 0.0772. The lowest BCUT2D eigenvalue weighted by Crippen LogP contribution is -2.59. The van der Waals surface area contributed by atoms with Crippen molar-refractivity contribution in [1.82, 2.24) is 9.80 Å². The zero-order chi connectivity index (χ0) is 15.7. The lowest BCUT2D eigenvalue weighted by molar-refractivity contribution is -0.167. The molecule has 122 valence electrons. The van der Waals surface area contributed by atoms with E-state index in [-0.39, 0.29) is 17.8 Å². The van der Waals surface area contributed by atoms with Crippen LogP contribution in [0.2, 0.25) is 0 Å². The van der Waals surface area contributed by atoms with Gasteiger partial charge in [0.25, 0.3) is 0 Å². The van der Waals surface area contributed by atoms with E-state index in [1.165, 1.54) is 0 Å². The van der Waals surface area contributed by atoms with E-state index >= 15 is 0 Å². The third-order valence-corrected chi connectivity index (χ3v) is 4.25. The van der Waals surface area contributed by atoms with Crippen molar-refractivity contribution in [3.05, 3.63) is 0 Å². The number of likely N-dealkylation sites (N-methyl/N-ethyl adjacent to an activating group) is 1. The zero-order valence-electron chi connectivity index (χ0n) is 14.1. The summed E-state index contributed by atoms with van der Waals surface area (Å²) >= 11 is 0. The van der Waals surface area contributed by atoms with Gasteiger partial charge in [0.2, 0.25) is 0 Å². The maximum absolute atomic E-state index is 12.1. The Morgan fingerprint density at radius 2 is 1.95 bits per heavy atom. The minimum atomic E-state index is -0.429. The lowest BCUT2D eigenvalue weighted by Gasteiger charge is -2.49. The van der Waals surface area contributed by atoms with Crippen LogP contribution in [0.3, 0.4) is 0 Å². The number of hydrogen-bond acceptors (Lipinski definition) is 4. The molecule has 0 unspecified atom stereocenters. The predicted octanol–water partition coefficient (Wildman–Crippen LogP) is 2.50. The third kappa shape index (κ3) is 4.33. The predicted molar refractivity (Wildman–Crippen MR) is 82.4 cm³/mol. The molecule has 0 aromatic heterocycles. The number of rotatable bonds is 1. The molecule has 0 radical (unpaired) electrons. The molecular formula is C16H30N2O3. The highest BCUT2D eigenvalue weighted by molar-refractivity contribution is 5.68. The van der Waals surface area contributed by atoms with Crippen LogP contribution in [0, 0.1) is 0 Å². The van der Waals surface area contributed by atoms with Crippen LogP contribution >= 0.6 is 0 Å². The summed E-state index contributed by atoms with van der Waals surface area (Å²) in [5.41, 5.74) is -0.507. The van der Waals surface area contributed by atoms with Crippen molar-refractivity contribution in [3.8, 4) is 0 Å². The Morgan fingerprint density at radius 3 is 2.48 bits per heavy atom. The van der Waals surface area contributed by atoms with Gasteiger partial charge in [0, 0.05) is 26.2 Å². The van der Waals surface area contributed by atoms with Crippen LogP contribution in [0.25, 0.3) is 0 Å². The first-order chi connectivity index (χ1) is 9.73. The van der Waals surface area contributed by atoms with Crippen molar-refractivity contribution >= 4 is 6.09 Å². The Balaban J connectivity index is 1.91. The molecule has 0 N–H and O–H groups in total. The fraction of sp³-hybridized carbons (Fsp3) is 0.938. The molecule has 0 saturated carbocycles. The SMILES string of the molecule is CCN1C[C@H](C)OC2(CCN(C(=O)OC(C)(C)C)CC2)C1. The average molecular weight is 298 g/mol. The van der Waals surface area contributed by atoms with Crippen LogP contribution in [0.5, 0.6) is 0 Å². The van der Waals surface area contributed by atoms with Gasteiger partial charge < -0.3 is 14.4 Å². The van der Waals surface area contributed by atoms with Crippen LogP contribution in [0.4, 0.5) is 4.79 Å². The summed E-state index contributed by atoms with van der Waals surface area (Å²) in [5.74, 6) is 0. The van der Waals surface area contributed by atoms with E-state index in [4.69, 9.17) is 9.47 Å². The molecule has 0 aromatic carbocycles. The molecule has 0 aliphatic carbocycles. The summed E-state index contributed by atoms with van der Waals surface area (Å²) in [6, 6.07) is 0. The Kier molecular flexibility index (Phi) is 4.83. The molecular weight excluding hydrogens is 268 g/mol. The van der Waals surface area contributed by atoms with Crippen molar-refractivity contribution in [3.63, 3.8) is 0 Å². The van der Waals surface area contributed by atoms with Crippen molar-refractivity contribution in [1.29, 1.82) is 0 Å². The van der Waals surface area contributed by atoms with E-state index in [0.717, 1.165) is 45.6 Å². The maximum atomic E-state index is 12.1. The second-order valence-corrected chi connectivity index (χ2v) is 7.41. The normalized spacial score (nSPS) is 26.9. The Morgan fingerprint density at radius 1 is 1.33 bits per heavy atom. The molecule has 21 heavy (non-hydrogen) atoms. The van der Waals surface area contributed by atoms with Gasteiger partial charge >= 0.3 is 6.09 Å². The highest BCUT2D eigenvalue weighted by atomic mass is 16.6. The number of carbonyl (C=O) groups excluding carboxylic acids is 1. The number of piperidine rings is 1. The van der Waals surface area contributed by atoms with Gasteiger partial charge in [-0.25, -0.2) is 4.79 Å². The number of hydrogen-bond donors (Lipinski definition) is 0. The molecule has 5 nitrogen and oxygen atoms in total. The van der Waals surface area contributed by atoms with Gasteiger partial charge in [-0.15, -0.1) is 0 Å². The molecule has 2 saturated heterocycles. The second-order valence-electron chi connectivity index (χ2n) is 7.41. The van der Waals surface area contributed by atoms with Crippen molar-refractivity contribution in [2.75, 3.05) is 32.7 Å². The summed E-state index contributed by atoms with van der Waals surface area (Å²) in [4.78, 5) is 16.4. The van der Waals surface area contributed by atoms with E-state index in [1.54, 1.807) is 0 Å². The smallest absolute Gasteiger partial charge is 0.410 e. The van der Waals surface area contributed by atoms with E-state index in [0.29, 0.717) is 0 Å². The number of ether oxygens (including phenoxy) is 2. The van der Waals surface area contributed by atoms with Crippen molar-refractivity contribution < 1.29 is 14.3 Å². The standard InChI is InChI=1S/C16H30N2O3/c1-6-17-11-13(2)20-16(12-17)7-9-18(10-8-16)14(19)21-15(3,4)5/h13H,6-12H2,1-5H3/t13-/m0/s1. The minimum Gasteiger partial charge on any atom is -0.444 e. The van der Waals surface area contributed by atoms with Crippen LogP contribution in [0.1, 0.15) is 47.5 Å². The highest BCUT2D eigenvalue weighted by Gasteiger charge is 2.42. The third-order valence-electron chi connectivity index (χ3n) is 4.25. The maximum Gasteiger partial charge on any atom is 0.410 e. The summed E-state index contributed by atoms with van der Waals surface area (Å²) in [6.07, 6.45) is 1.86. The van der Waals surface area contributed by atoms with E-state index < -0.39 is 5.60 Å². The molecule has 2 rings (SSSR count). The number of nitrogens with zero attached hydrogens (tertiary/aromatic N) is 2. The van der Waals surface area contributed by atoms with Gasteiger partial charge in [-0.05, 0) is 47.1 Å². The molecule has 5 heteroatoms. The first-order valence-electron chi connectivity index (χ1n) is 8.11. The second kappa shape index (κ2) is 6.13. The lowest BCUT2D eigenvalue weighted by atomic mass is 9.88. The average Bonchev–Trinajstić information content (AvgIpc) is 2.36. The van der Waals surface area contributed by atoms with Gasteiger partial charge in [0.15, 0.2) is 0 Å². The molecule has 1 amide bonds. The highest BCUT2D eigenvalue weighted by Crippen LogP contribution is 2.32. The zero-order valence-corrected chi connectivity index (χ0v) is 14.1. The number of amides is 1. The van der Waals surface area contributed by atoms with Crippen LogP contribution in [-0.2, 0) is 9.47 Å². The summed E-state index contributed by atoms with van der Waals surface area (Å²) < 4.78 is 11.7. The molecule has 2 heterocycles. The van der Waals surface area contributed by atoms with Gasteiger partial charge in [-0.1, -0.05) is 6.92 Å². The first kappa shape index (κ1) is 16.6. The molecule has 2 fully saturated rings. The Bertz CT molecular complexity index is 370. The molecule has 0 aromatic rings. The fourth-order valence-electron chi connectivity index (χ4n) is 3.28. The van der Waals surface area contributed by atoms with Crippen LogP contribution < -0.4 is 0 Å². The van der Waals surface area contributed by atoms with Crippen LogP contribution in [0.15, 0.2) is 0 Å². The van der Waals surface area contributed by atoms with Crippen molar-refractivity contribution in [2.45, 2.75) is 64.8 Å². The molecule has 1 spiro atoms. The van der Waals surface area contributed by atoms with E-state index in [2.05, 4.69) is 18.7 Å². The summed E-state index contributed by atoms with van der Waals surface area (Å²) in [6.45, 7) is 14.5. The number of likely N-dealkylation sites (tertiary alicyclic amines) is 1. The van der Waals surface area contributed by atoms with Gasteiger partial charge in [0.05, 0.1) is 11.7 Å². The van der Waals surface area contributed by atoms with E-state index in [9.17, 15) is 4.79 Å². The largest absolute Gasteiger partial charge is 0.444 e. The van der Waals surface area contributed by atoms with Gasteiger partial charge in [0.1, 0.15) is 5.60 Å². The molecule has 2 aliphatic heterocycles. The Labute approximate surface area is 128 Å².